The highest BCUT2D eigenvalue weighted by atomic mass is 16.6. The molecule has 0 fully saturated rings. The lowest BCUT2D eigenvalue weighted by atomic mass is 10.1. The molecule has 0 unspecified atom stereocenters. The first-order valence-corrected chi connectivity index (χ1v) is 5.25. The van der Waals surface area contributed by atoms with Crippen LogP contribution in [-0.4, -0.2) is 30.8 Å². The lowest BCUT2D eigenvalue weighted by Gasteiger charge is -2.10. The molecule has 0 aliphatic heterocycles. The summed E-state index contributed by atoms with van der Waals surface area (Å²) in [6.07, 6.45) is 2.43. The molecule has 96 valence electrons. The summed E-state index contributed by atoms with van der Waals surface area (Å²) in [6, 6.07) is 5.30. The number of benzene rings is 1. The first kappa shape index (κ1) is 13.8. The molecule has 5 heteroatoms. The van der Waals surface area contributed by atoms with Crippen molar-refractivity contribution < 1.29 is 24.2 Å². The number of methoxy groups -OCH3 is 1. The Bertz CT molecular complexity index is 476. The van der Waals surface area contributed by atoms with Crippen LogP contribution >= 0.6 is 0 Å². The third-order valence-corrected chi connectivity index (χ3v) is 2.21. The Balaban J connectivity index is 2.93. The summed E-state index contributed by atoms with van der Waals surface area (Å²) in [5.74, 6) is -1.07. The number of hydrogen-bond donors (Lipinski definition) is 1. The van der Waals surface area contributed by atoms with Gasteiger partial charge in [-0.3, -0.25) is 0 Å². The van der Waals surface area contributed by atoms with E-state index in [9.17, 15) is 9.59 Å². The second-order valence-corrected chi connectivity index (χ2v) is 3.53. The summed E-state index contributed by atoms with van der Waals surface area (Å²) in [4.78, 5) is 21.5. The van der Waals surface area contributed by atoms with Crippen LogP contribution in [0.25, 0.3) is 6.08 Å². The number of carbonyl (C=O) groups is 2. The van der Waals surface area contributed by atoms with Crippen molar-refractivity contribution in [1.82, 2.24) is 0 Å². The summed E-state index contributed by atoms with van der Waals surface area (Å²) < 4.78 is 9.81. The van der Waals surface area contributed by atoms with Gasteiger partial charge in [0.1, 0.15) is 5.75 Å². The van der Waals surface area contributed by atoms with Crippen LogP contribution < -0.4 is 4.74 Å². The van der Waals surface area contributed by atoms with E-state index in [0.717, 1.165) is 11.6 Å². The number of hydrogen-bond acceptors (Lipinski definition) is 4. The second kappa shape index (κ2) is 6.44. The summed E-state index contributed by atoms with van der Waals surface area (Å²) >= 11 is 0. The fourth-order valence-corrected chi connectivity index (χ4v) is 1.35. The molecular weight excluding hydrogens is 236 g/mol. The van der Waals surface area contributed by atoms with E-state index >= 15 is 0 Å². The van der Waals surface area contributed by atoms with Crippen LogP contribution in [-0.2, 0) is 14.3 Å². The molecule has 0 aliphatic carbocycles. The number of aliphatic carboxylic acids is 1. The highest BCUT2D eigenvalue weighted by Crippen LogP contribution is 2.24. The van der Waals surface area contributed by atoms with Crippen LogP contribution in [0.1, 0.15) is 11.1 Å². The van der Waals surface area contributed by atoms with Crippen LogP contribution in [0, 0.1) is 6.92 Å². The Morgan fingerprint density at radius 3 is 2.72 bits per heavy atom. The normalized spacial score (nSPS) is 10.3. The molecule has 0 saturated heterocycles. The predicted molar refractivity (Wildman–Crippen MR) is 65.4 cm³/mol. The van der Waals surface area contributed by atoms with Crippen molar-refractivity contribution in [3.8, 4) is 5.75 Å². The molecule has 0 bridgehead atoms. The van der Waals surface area contributed by atoms with Gasteiger partial charge < -0.3 is 14.6 Å². The Morgan fingerprint density at radius 2 is 2.11 bits per heavy atom. The van der Waals surface area contributed by atoms with E-state index in [1.54, 1.807) is 12.1 Å². The van der Waals surface area contributed by atoms with E-state index in [1.165, 1.54) is 13.2 Å². The first-order chi connectivity index (χ1) is 8.54. The molecule has 0 heterocycles. The molecule has 0 aliphatic rings. The zero-order chi connectivity index (χ0) is 13.5. The minimum atomic E-state index is -1.05. The number of ether oxygens (including phenoxy) is 2. The lowest BCUT2D eigenvalue weighted by molar-refractivity contribution is -0.143. The molecule has 18 heavy (non-hydrogen) atoms. The van der Waals surface area contributed by atoms with Crippen LogP contribution in [0.15, 0.2) is 24.3 Å². The number of rotatable bonds is 5. The Labute approximate surface area is 105 Å². The summed E-state index contributed by atoms with van der Waals surface area (Å²) in [7, 11) is 1.27. The van der Waals surface area contributed by atoms with Gasteiger partial charge >= 0.3 is 11.9 Å². The highest BCUT2D eigenvalue weighted by molar-refractivity contribution is 5.86. The molecule has 1 rings (SSSR count). The minimum Gasteiger partial charge on any atom is -0.481 e. The molecule has 0 amide bonds. The van der Waals surface area contributed by atoms with Crippen molar-refractivity contribution in [2.24, 2.45) is 0 Å². The third kappa shape index (κ3) is 3.93. The molecule has 1 aromatic carbocycles. The largest absolute Gasteiger partial charge is 0.481 e. The van der Waals surface area contributed by atoms with E-state index in [-0.39, 0.29) is 6.61 Å². The maximum absolute atomic E-state index is 11.0. The quantitative estimate of drug-likeness (QED) is 0.635. The smallest absolute Gasteiger partial charge is 0.343 e. The molecule has 1 N–H and O–H groups in total. The number of carboxylic acid groups (broad SMARTS) is 1. The third-order valence-electron chi connectivity index (χ3n) is 2.21. The fourth-order valence-electron chi connectivity index (χ4n) is 1.35. The average molecular weight is 250 g/mol. The number of aryl methyl sites for hydroxylation is 1. The molecule has 1 aromatic rings. The van der Waals surface area contributed by atoms with Gasteiger partial charge in [0.2, 0.25) is 0 Å². The van der Waals surface area contributed by atoms with Crippen LogP contribution in [0.2, 0.25) is 0 Å². The molecule has 0 aromatic heterocycles. The highest BCUT2D eigenvalue weighted by Gasteiger charge is 2.08. The fraction of sp³-hybridized carbons (Fsp3) is 0.231. The van der Waals surface area contributed by atoms with Crippen LogP contribution in [0.4, 0.5) is 0 Å². The minimum absolute atomic E-state index is 0.213. The first-order valence-electron chi connectivity index (χ1n) is 5.25. The van der Waals surface area contributed by atoms with Crippen molar-refractivity contribution in [1.29, 1.82) is 0 Å². The van der Waals surface area contributed by atoms with Gasteiger partial charge in [0.15, 0.2) is 6.61 Å². The number of para-hydroxylation sites is 1. The van der Waals surface area contributed by atoms with Gasteiger partial charge in [0.05, 0.1) is 7.11 Å². The summed E-state index contributed by atoms with van der Waals surface area (Å²) in [5, 5.41) is 8.59. The molecule has 0 atom stereocenters. The second-order valence-electron chi connectivity index (χ2n) is 3.53. The van der Waals surface area contributed by atoms with Gasteiger partial charge in [-0.15, -0.1) is 0 Å². The van der Waals surface area contributed by atoms with Gasteiger partial charge in [0.25, 0.3) is 0 Å². The van der Waals surface area contributed by atoms with Crippen molar-refractivity contribution in [3.63, 3.8) is 0 Å². The molecule has 0 radical (unpaired) electrons. The lowest BCUT2D eigenvalue weighted by Crippen LogP contribution is -2.13. The SMILES string of the molecule is COC(=O)COc1c(C)cccc1/C=C/C(=O)O. The van der Waals surface area contributed by atoms with Crippen LogP contribution in [0.3, 0.4) is 0 Å². The molecular formula is C13H14O5. The Morgan fingerprint density at radius 1 is 1.39 bits per heavy atom. The summed E-state index contributed by atoms with van der Waals surface area (Å²) in [5.41, 5.74) is 1.41. The Hall–Kier alpha value is -2.30. The predicted octanol–water partition coefficient (Wildman–Crippen LogP) is 1.64. The number of carboxylic acids is 1. The van der Waals surface area contributed by atoms with Gasteiger partial charge in [-0.05, 0) is 18.6 Å². The standard InChI is InChI=1S/C13H14O5/c1-9-4-3-5-10(6-7-11(14)15)13(9)18-8-12(16)17-2/h3-7H,8H2,1-2H3,(H,14,15)/b7-6+. The van der Waals surface area contributed by atoms with Gasteiger partial charge in [-0.1, -0.05) is 18.2 Å². The zero-order valence-corrected chi connectivity index (χ0v) is 10.2. The zero-order valence-electron chi connectivity index (χ0n) is 10.2. The number of esters is 1. The van der Waals surface area contributed by atoms with Gasteiger partial charge in [-0.2, -0.15) is 0 Å². The maximum Gasteiger partial charge on any atom is 0.343 e. The molecule has 5 nitrogen and oxygen atoms in total. The van der Waals surface area contributed by atoms with Crippen molar-refractivity contribution in [2.75, 3.05) is 13.7 Å². The monoisotopic (exact) mass is 250 g/mol. The average Bonchev–Trinajstić information content (AvgIpc) is 2.34. The Kier molecular flexibility index (Phi) is 4.92. The number of carbonyl (C=O) groups excluding carboxylic acids is 1. The van der Waals surface area contributed by atoms with Crippen molar-refractivity contribution in [3.05, 3.63) is 35.4 Å². The topological polar surface area (TPSA) is 72.8 Å². The van der Waals surface area contributed by atoms with E-state index in [0.29, 0.717) is 11.3 Å². The van der Waals surface area contributed by atoms with E-state index < -0.39 is 11.9 Å². The maximum atomic E-state index is 11.0. The van der Waals surface area contributed by atoms with Crippen molar-refractivity contribution in [2.45, 2.75) is 6.92 Å². The summed E-state index contributed by atoms with van der Waals surface area (Å²) in [6.45, 7) is 1.60. The van der Waals surface area contributed by atoms with Gasteiger partial charge in [0, 0.05) is 11.6 Å². The van der Waals surface area contributed by atoms with Gasteiger partial charge in [-0.25, -0.2) is 9.59 Å². The van der Waals surface area contributed by atoms with Crippen molar-refractivity contribution >= 4 is 18.0 Å². The van der Waals surface area contributed by atoms with E-state index in [2.05, 4.69) is 4.74 Å². The molecule has 0 spiro atoms. The van der Waals surface area contributed by atoms with Crippen LogP contribution in [0.5, 0.6) is 5.75 Å². The van der Waals surface area contributed by atoms with E-state index in [1.807, 2.05) is 13.0 Å². The molecule has 0 saturated carbocycles. The van der Waals surface area contributed by atoms with E-state index in [4.69, 9.17) is 9.84 Å².